The highest BCUT2D eigenvalue weighted by Crippen LogP contribution is 2.27. The summed E-state index contributed by atoms with van der Waals surface area (Å²) in [5.74, 6) is 2.08. The van der Waals surface area contributed by atoms with Crippen LogP contribution in [0.3, 0.4) is 0 Å². The number of hydrogen-bond donors (Lipinski definition) is 0. The number of ether oxygens (including phenoxy) is 2. The number of fused-ring (bicyclic) bond motifs is 1. The molecule has 1 aliphatic heterocycles. The van der Waals surface area contributed by atoms with Crippen molar-refractivity contribution in [3.8, 4) is 5.75 Å². The average molecular weight is 370 g/mol. The molecule has 144 valence electrons. The molecule has 1 fully saturated rings. The van der Waals surface area contributed by atoms with Gasteiger partial charge in [0, 0.05) is 44.2 Å². The van der Waals surface area contributed by atoms with Gasteiger partial charge in [0.05, 0.1) is 13.2 Å². The van der Waals surface area contributed by atoms with Crippen LogP contribution in [-0.2, 0) is 24.9 Å². The van der Waals surface area contributed by atoms with Crippen LogP contribution in [0, 0.1) is 6.92 Å². The molecule has 7 heteroatoms. The van der Waals surface area contributed by atoms with E-state index in [0.29, 0.717) is 18.3 Å². The zero-order valence-corrected chi connectivity index (χ0v) is 16.1. The molecule has 0 saturated carbocycles. The van der Waals surface area contributed by atoms with Crippen molar-refractivity contribution in [2.75, 3.05) is 20.2 Å². The van der Waals surface area contributed by atoms with Gasteiger partial charge in [-0.05, 0) is 43.1 Å². The SMILES string of the molecule is COc1ccc2c(c1)c(CN1CCC[C@H](OCc3noc(C)n3)C1)cn2C. The molecule has 0 aliphatic carbocycles. The molecule has 3 heterocycles. The van der Waals surface area contributed by atoms with Gasteiger partial charge in [-0.1, -0.05) is 5.16 Å². The van der Waals surface area contributed by atoms with E-state index in [9.17, 15) is 0 Å². The van der Waals surface area contributed by atoms with Gasteiger partial charge >= 0.3 is 0 Å². The molecule has 1 aromatic carbocycles. The van der Waals surface area contributed by atoms with Gasteiger partial charge in [-0.3, -0.25) is 4.90 Å². The largest absolute Gasteiger partial charge is 0.497 e. The van der Waals surface area contributed by atoms with E-state index in [2.05, 4.69) is 45.0 Å². The maximum atomic E-state index is 6.03. The summed E-state index contributed by atoms with van der Waals surface area (Å²) < 4.78 is 18.6. The standard InChI is InChI=1S/C20H26N4O3/c1-14-21-20(22-27-14)13-26-17-5-4-8-24(12-17)11-15-10-23(2)19-7-6-16(25-3)9-18(15)19/h6-7,9-10,17H,4-5,8,11-13H2,1-3H3/t17-/m0/s1. The summed E-state index contributed by atoms with van der Waals surface area (Å²) in [4.78, 5) is 6.67. The van der Waals surface area contributed by atoms with Crippen molar-refractivity contribution in [1.82, 2.24) is 19.6 Å². The van der Waals surface area contributed by atoms with E-state index in [1.165, 1.54) is 16.5 Å². The highest BCUT2D eigenvalue weighted by atomic mass is 16.5. The molecular weight excluding hydrogens is 344 g/mol. The molecule has 1 atom stereocenters. The predicted octanol–water partition coefficient (Wildman–Crippen LogP) is 3.06. The number of likely N-dealkylation sites (tertiary alicyclic amines) is 1. The monoisotopic (exact) mass is 370 g/mol. The second-order valence-electron chi connectivity index (χ2n) is 7.19. The topological polar surface area (TPSA) is 65.6 Å². The molecule has 0 N–H and O–H groups in total. The molecule has 0 bridgehead atoms. The maximum Gasteiger partial charge on any atom is 0.223 e. The van der Waals surface area contributed by atoms with Crippen LogP contribution in [0.1, 0.15) is 30.1 Å². The lowest BCUT2D eigenvalue weighted by Gasteiger charge is -2.32. The summed E-state index contributed by atoms with van der Waals surface area (Å²) in [5, 5.41) is 5.15. The summed E-state index contributed by atoms with van der Waals surface area (Å²) in [6.07, 6.45) is 4.61. The lowest BCUT2D eigenvalue weighted by molar-refractivity contribution is -0.0150. The third-order valence-corrected chi connectivity index (χ3v) is 5.15. The molecule has 2 aromatic heterocycles. The Kier molecular flexibility index (Phi) is 5.13. The molecule has 4 rings (SSSR count). The van der Waals surface area contributed by atoms with Crippen LogP contribution in [0.5, 0.6) is 5.75 Å². The minimum atomic E-state index is 0.196. The van der Waals surface area contributed by atoms with Gasteiger partial charge in [0.1, 0.15) is 12.4 Å². The van der Waals surface area contributed by atoms with Crippen molar-refractivity contribution in [3.63, 3.8) is 0 Å². The highest BCUT2D eigenvalue weighted by Gasteiger charge is 2.22. The third-order valence-electron chi connectivity index (χ3n) is 5.15. The molecule has 3 aromatic rings. The third kappa shape index (κ3) is 3.99. The number of aryl methyl sites for hydroxylation is 2. The summed E-state index contributed by atoms with van der Waals surface area (Å²) in [5.41, 5.74) is 2.55. The van der Waals surface area contributed by atoms with Crippen LogP contribution in [0.2, 0.25) is 0 Å². The summed E-state index contributed by atoms with van der Waals surface area (Å²) in [6, 6.07) is 6.25. The Morgan fingerprint density at radius 3 is 3.00 bits per heavy atom. The first-order valence-corrected chi connectivity index (χ1v) is 9.37. The molecule has 1 aliphatic rings. The van der Waals surface area contributed by atoms with Crippen LogP contribution < -0.4 is 4.74 Å². The predicted molar refractivity (Wildman–Crippen MR) is 102 cm³/mol. The number of piperidine rings is 1. The van der Waals surface area contributed by atoms with Gasteiger partial charge in [0.25, 0.3) is 0 Å². The summed E-state index contributed by atoms with van der Waals surface area (Å²) in [6.45, 7) is 5.10. The fourth-order valence-electron chi connectivity index (χ4n) is 3.83. The van der Waals surface area contributed by atoms with E-state index in [1.807, 2.05) is 6.07 Å². The first-order chi connectivity index (χ1) is 13.1. The Balaban J connectivity index is 1.42. The van der Waals surface area contributed by atoms with Crippen LogP contribution in [0.4, 0.5) is 0 Å². The summed E-state index contributed by atoms with van der Waals surface area (Å²) >= 11 is 0. The molecule has 0 radical (unpaired) electrons. The first-order valence-electron chi connectivity index (χ1n) is 9.37. The van der Waals surface area contributed by atoms with Gasteiger partial charge in [0.15, 0.2) is 5.82 Å². The van der Waals surface area contributed by atoms with Crippen molar-refractivity contribution in [2.45, 2.75) is 39.0 Å². The van der Waals surface area contributed by atoms with Crippen molar-refractivity contribution < 1.29 is 14.0 Å². The lowest BCUT2D eigenvalue weighted by atomic mass is 10.1. The van der Waals surface area contributed by atoms with Crippen molar-refractivity contribution in [2.24, 2.45) is 7.05 Å². The van der Waals surface area contributed by atoms with Gasteiger partial charge in [-0.2, -0.15) is 4.98 Å². The quantitative estimate of drug-likeness (QED) is 0.664. The number of nitrogens with zero attached hydrogens (tertiary/aromatic N) is 4. The van der Waals surface area contributed by atoms with E-state index in [1.54, 1.807) is 14.0 Å². The molecule has 7 nitrogen and oxygen atoms in total. The number of rotatable bonds is 6. The molecule has 0 amide bonds. The van der Waals surface area contributed by atoms with Crippen LogP contribution in [0.25, 0.3) is 10.9 Å². The van der Waals surface area contributed by atoms with E-state index in [-0.39, 0.29) is 6.10 Å². The first kappa shape index (κ1) is 18.0. The van der Waals surface area contributed by atoms with Crippen LogP contribution in [-0.4, -0.2) is 45.9 Å². The number of methoxy groups -OCH3 is 1. The smallest absolute Gasteiger partial charge is 0.223 e. The minimum absolute atomic E-state index is 0.196. The molecule has 1 saturated heterocycles. The second kappa shape index (κ2) is 7.70. The Hall–Kier alpha value is -2.38. The van der Waals surface area contributed by atoms with Gasteiger partial charge < -0.3 is 18.6 Å². The number of benzene rings is 1. The normalized spacial score (nSPS) is 18.3. The molecule has 0 unspecified atom stereocenters. The van der Waals surface area contributed by atoms with Crippen molar-refractivity contribution in [3.05, 3.63) is 41.7 Å². The fraction of sp³-hybridized carbons (Fsp3) is 0.500. The number of aromatic nitrogens is 3. The van der Waals surface area contributed by atoms with E-state index in [0.717, 1.165) is 38.2 Å². The van der Waals surface area contributed by atoms with E-state index in [4.69, 9.17) is 14.0 Å². The van der Waals surface area contributed by atoms with Crippen LogP contribution >= 0.6 is 0 Å². The Bertz CT molecular complexity index is 917. The number of hydrogen-bond acceptors (Lipinski definition) is 6. The zero-order valence-electron chi connectivity index (χ0n) is 16.1. The minimum Gasteiger partial charge on any atom is -0.497 e. The Labute approximate surface area is 158 Å². The maximum absolute atomic E-state index is 6.03. The van der Waals surface area contributed by atoms with Gasteiger partial charge in [0.2, 0.25) is 5.89 Å². The van der Waals surface area contributed by atoms with Crippen molar-refractivity contribution in [1.29, 1.82) is 0 Å². The van der Waals surface area contributed by atoms with Crippen LogP contribution in [0.15, 0.2) is 28.9 Å². The Morgan fingerprint density at radius 2 is 2.22 bits per heavy atom. The average Bonchev–Trinajstić information content (AvgIpc) is 3.23. The lowest BCUT2D eigenvalue weighted by Crippen LogP contribution is -2.39. The summed E-state index contributed by atoms with van der Waals surface area (Å²) in [7, 11) is 3.80. The van der Waals surface area contributed by atoms with E-state index < -0.39 is 0 Å². The molecule has 0 spiro atoms. The van der Waals surface area contributed by atoms with Gasteiger partial charge in [-0.15, -0.1) is 0 Å². The fourth-order valence-corrected chi connectivity index (χ4v) is 3.83. The second-order valence-corrected chi connectivity index (χ2v) is 7.19. The molecular formula is C20H26N4O3. The van der Waals surface area contributed by atoms with Gasteiger partial charge in [-0.25, -0.2) is 0 Å². The highest BCUT2D eigenvalue weighted by molar-refractivity contribution is 5.85. The van der Waals surface area contributed by atoms with Crippen molar-refractivity contribution >= 4 is 10.9 Å². The zero-order chi connectivity index (χ0) is 18.8. The molecule has 27 heavy (non-hydrogen) atoms. The Morgan fingerprint density at radius 1 is 1.33 bits per heavy atom. The van der Waals surface area contributed by atoms with E-state index >= 15 is 0 Å².